The van der Waals surface area contributed by atoms with Crippen molar-refractivity contribution in [2.45, 2.75) is 45.6 Å². The maximum atomic E-state index is 11.9. The molecule has 0 aromatic heterocycles. The van der Waals surface area contributed by atoms with E-state index in [9.17, 15) is 9.59 Å². The molecule has 3 nitrogen and oxygen atoms in total. The molecule has 0 aliphatic rings. The standard InChI is InChI=1S/C15H20BrNO2/c1-4-15(2,3)17-14(19)10-9-13(18)11-5-7-12(16)8-6-11/h5-8H,4,9-10H2,1-3H3,(H,17,19). The van der Waals surface area contributed by atoms with Crippen LogP contribution < -0.4 is 5.32 Å². The van der Waals surface area contributed by atoms with Crippen molar-refractivity contribution >= 4 is 27.6 Å². The van der Waals surface area contributed by atoms with E-state index in [4.69, 9.17) is 0 Å². The van der Waals surface area contributed by atoms with Gasteiger partial charge >= 0.3 is 0 Å². The summed E-state index contributed by atoms with van der Waals surface area (Å²) in [5, 5.41) is 2.92. The highest BCUT2D eigenvalue weighted by Crippen LogP contribution is 2.13. The Bertz CT molecular complexity index is 452. The van der Waals surface area contributed by atoms with Gasteiger partial charge in [-0.2, -0.15) is 0 Å². The lowest BCUT2D eigenvalue weighted by molar-refractivity contribution is -0.122. The molecule has 104 valence electrons. The second-order valence-corrected chi connectivity index (χ2v) is 6.13. The van der Waals surface area contributed by atoms with Gasteiger partial charge in [-0.1, -0.05) is 35.0 Å². The number of Topliss-reactive ketones (excluding diaryl/α,β-unsaturated/α-hetero) is 1. The van der Waals surface area contributed by atoms with E-state index >= 15 is 0 Å². The van der Waals surface area contributed by atoms with Crippen LogP contribution in [0.4, 0.5) is 0 Å². The summed E-state index contributed by atoms with van der Waals surface area (Å²) in [5.74, 6) is -0.0748. The van der Waals surface area contributed by atoms with Gasteiger partial charge in [0.2, 0.25) is 5.91 Å². The van der Waals surface area contributed by atoms with Crippen LogP contribution in [0.25, 0.3) is 0 Å². The zero-order chi connectivity index (χ0) is 14.5. The highest BCUT2D eigenvalue weighted by Gasteiger charge is 2.18. The molecule has 1 rings (SSSR count). The fourth-order valence-corrected chi connectivity index (χ4v) is 1.80. The first-order valence-corrected chi connectivity index (χ1v) is 7.23. The number of hydrogen-bond acceptors (Lipinski definition) is 2. The SMILES string of the molecule is CCC(C)(C)NC(=O)CCC(=O)c1ccc(Br)cc1. The van der Waals surface area contributed by atoms with E-state index in [-0.39, 0.29) is 30.1 Å². The minimum Gasteiger partial charge on any atom is -0.351 e. The molecule has 0 saturated carbocycles. The van der Waals surface area contributed by atoms with Crippen molar-refractivity contribution in [1.29, 1.82) is 0 Å². The van der Waals surface area contributed by atoms with Gasteiger partial charge in [0.25, 0.3) is 0 Å². The Balaban J connectivity index is 2.46. The van der Waals surface area contributed by atoms with Crippen molar-refractivity contribution in [3.63, 3.8) is 0 Å². The van der Waals surface area contributed by atoms with Crippen LogP contribution >= 0.6 is 15.9 Å². The van der Waals surface area contributed by atoms with E-state index in [1.807, 2.05) is 32.9 Å². The number of ketones is 1. The molecule has 1 aromatic carbocycles. The van der Waals surface area contributed by atoms with Gasteiger partial charge in [0.15, 0.2) is 5.78 Å². The first-order valence-electron chi connectivity index (χ1n) is 6.44. The van der Waals surface area contributed by atoms with E-state index in [0.29, 0.717) is 5.56 Å². The van der Waals surface area contributed by atoms with Crippen molar-refractivity contribution in [3.05, 3.63) is 34.3 Å². The van der Waals surface area contributed by atoms with Gasteiger partial charge in [-0.3, -0.25) is 9.59 Å². The molecule has 4 heteroatoms. The smallest absolute Gasteiger partial charge is 0.220 e. The van der Waals surface area contributed by atoms with Crippen LogP contribution in [0.2, 0.25) is 0 Å². The van der Waals surface area contributed by atoms with Crippen molar-refractivity contribution < 1.29 is 9.59 Å². The van der Waals surface area contributed by atoms with Crippen LogP contribution in [0.1, 0.15) is 50.4 Å². The predicted molar refractivity (Wildman–Crippen MR) is 80.2 cm³/mol. The number of rotatable bonds is 6. The van der Waals surface area contributed by atoms with Crippen LogP contribution in [0.15, 0.2) is 28.7 Å². The second kappa shape index (κ2) is 6.85. The molecule has 1 aromatic rings. The molecule has 19 heavy (non-hydrogen) atoms. The summed E-state index contributed by atoms with van der Waals surface area (Å²) in [6, 6.07) is 7.18. The first-order chi connectivity index (χ1) is 8.84. The summed E-state index contributed by atoms with van der Waals surface area (Å²) in [4.78, 5) is 23.6. The molecule has 0 aliphatic carbocycles. The third-order valence-corrected chi connectivity index (χ3v) is 3.64. The number of halogens is 1. The summed E-state index contributed by atoms with van der Waals surface area (Å²) >= 11 is 3.32. The molecule has 0 bridgehead atoms. The van der Waals surface area contributed by atoms with Crippen molar-refractivity contribution in [1.82, 2.24) is 5.32 Å². The van der Waals surface area contributed by atoms with E-state index in [2.05, 4.69) is 21.2 Å². The van der Waals surface area contributed by atoms with Crippen LogP contribution in [0.3, 0.4) is 0 Å². The minimum absolute atomic E-state index is 0.00282. The Morgan fingerprint density at radius 3 is 2.26 bits per heavy atom. The molecule has 0 aliphatic heterocycles. The topological polar surface area (TPSA) is 46.2 Å². The number of nitrogens with one attached hydrogen (secondary N) is 1. The molecule has 0 spiro atoms. The van der Waals surface area contributed by atoms with Gasteiger partial charge in [-0.15, -0.1) is 0 Å². The normalized spacial score (nSPS) is 11.2. The quantitative estimate of drug-likeness (QED) is 0.810. The van der Waals surface area contributed by atoms with Crippen LogP contribution in [-0.2, 0) is 4.79 Å². The molecule has 0 saturated heterocycles. The molecule has 0 radical (unpaired) electrons. The number of hydrogen-bond donors (Lipinski definition) is 1. The number of carbonyl (C=O) groups excluding carboxylic acids is 2. The molecule has 0 fully saturated rings. The highest BCUT2D eigenvalue weighted by molar-refractivity contribution is 9.10. The lowest BCUT2D eigenvalue weighted by Crippen LogP contribution is -2.42. The number of carbonyl (C=O) groups is 2. The Kier molecular flexibility index (Phi) is 5.73. The first kappa shape index (κ1) is 15.9. The number of benzene rings is 1. The van der Waals surface area contributed by atoms with E-state index in [1.54, 1.807) is 12.1 Å². The van der Waals surface area contributed by atoms with E-state index in [0.717, 1.165) is 10.9 Å². The summed E-state index contributed by atoms with van der Waals surface area (Å²) in [5.41, 5.74) is 0.434. The van der Waals surface area contributed by atoms with Crippen LogP contribution in [0.5, 0.6) is 0 Å². The lowest BCUT2D eigenvalue weighted by atomic mass is 10.0. The minimum atomic E-state index is -0.211. The summed E-state index contributed by atoms with van der Waals surface area (Å²) in [6.07, 6.45) is 1.34. The van der Waals surface area contributed by atoms with Gasteiger partial charge < -0.3 is 5.32 Å². The van der Waals surface area contributed by atoms with Crippen molar-refractivity contribution in [2.24, 2.45) is 0 Å². The largest absolute Gasteiger partial charge is 0.351 e. The molecular formula is C15H20BrNO2. The van der Waals surface area contributed by atoms with Crippen molar-refractivity contribution in [2.75, 3.05) is 0 Å². The fourth-order valence-electron chi connectivity index (χ4n) is 1.54. The Morgan fingerprint density at radius 2 is 1.74 bits per heavy atom. The number of amides is 1. The predicted octanol–water partition coefficient (Wildman–Crippen LogP) is 3.72. The third kappa shape index (κ3) is 5.55. The van der Waals surface area contributed by atoms with Crippen molar-refractivity contribution in [3.8, 4) is 0 Å². The Hall–Kier alpha value is -1.16. The molecule has 1 N–H and O–H groups in total. The van der Waals surface area contributed by atoms with Crippen LogP contribution in [0, 0.1) is 0 Å². The van der Waals surface area contributed by atoms with Crippen LogP contribution in [-0.4, -0.2) is 17.2 Å². The summed E-state index contributed by atoms with van der Waals surface area (Å²) in [6.45, 7) is 5.97. The van der Waals surface area contributed by atoms with E-state index in [1.165, 1.54) is 0 Å². The molecular weight excluding hydrogens is 306 g/mol. The molecule has 0 heterocycles. The Morgan fingerprint density at radius 1 is 1.16 bits per heavy atom. The zero-order valence-corrected chi connectivity index (χ0v) is 13.2. The average Bonchev–Trinajstić information content (AvgIpc) is 2.36. The highest BCUT2D eigenvalue weighted by atomic mass is 79.9. The van der Waals surface area contributed by atoms with Gasteiger partial charge in [-0.05, 0) is 32.4 Å². The molecule has 0 unspecified atom stereocenters. The Labute approximate surface area is 122 Å². The summed E-state index contributed by atoms with van der Waals surface area (Å²) < 4.78 is 0.937. The zero-order valence-electron chi connectivity index (χ0n) is 11.6. The average molecular weight is 326 g/mol. The van der Waals surface area contributed by atoms with Gasteiger partial charge in [-0.25, -0.2) is 0 Å². The second-order valence-electron chi connectivity index (χ2n) is 5.22. The summed E-state index contributed by atoms with van der Waals surface area (Å²) in [7, 11) is 0. The molecule has 1 amide bonds. The lowest BCUT2D eigenvalue weighted by Gasteiger charge is -2.24. The van der Waals surface area contributed by atoms with Gasteiger partial charge in [0.1, 0.15) is 0 Å². The van der Waals surface area contributed by atoms with Gasteiger partial charge in [0, 0.05) is 28.4 Å². The fraction of sp³-hybridized carbons (Fsp3) is 0.467. The maximum absolute atomic E-state index is 11.9. The van der Waals surface area contributed by atoms with Gasteiger partial charge in [0.05, 0.1) is 0 Å². The molecule has 0 atom stereocenters. The van der Waals surface area contributed by atoms with E-state index < -0.39 is 0 Å². The monoisotopic (exact) mass is 325 g/mol. The maximum Gasteiger partial charge on any atom is 0.220 e. The third-order valence-electron chi connectivity index (χ3n) is 3.11.